The van der Waals surface area contributed by atoms with E-state index in [4.69, 9.17) is 4.74 Å². The molecule has 2 atom stereocenters. The van der Waals surface area contributed by atoms with Crippen LogP contribution in [0.3, 0.4) is 0 Å². The van der Waals surface area contributed by atoms with Crippen molar-refractivity contribution in [1.82, 2.24) is 0 Å². The van der Waals surface area contributed by atoms with Gasteiger partial charge < -0.3 is 4.74 Å². The standard InChI is InChI=1S/C5H6O/c1-2-4-5(3-1)6-4/h1-2,4-5H,3H2/t4-,5-/m1/s1. The summed E-state index contributed by atoms with van der Waals surface area (Å²) in [5, 5.41) is 0. The van der Waals surface area contributed by atoms with E-state index in [9.17, 15) is 0 Å². The molecule has 1 heteroatoms. The monoisotopic (exact) mass is 82.0 g/mol. The largest absolute Gasteiger partial charge is 0.365 e. The Balaban J connectivity index is 2.26. The maximum absolute atomic E-state index is 5.07. The van der Waals surface area contributed by atoms with E-state index in [-0.39, 0.29) is 0 Å². The Bertz CT molecular complexity index is 96.1. The van der Waals surface area contributed by atoms with Crippen molar-refractivity contribution in [3.63, 3.8) is 0 Å². The van der Waals surface area contributed by atoms with Gasteiger partial charge in [-0.3, -0.25) is 0 Å². The van der Waals surface area contributed by atoms with E-state index >= 15 is 0 Å². The highest BCUT2D eigenvalue weighted by Gasteiger charge is 2.38. The number of fused-ring (bicyclic) bond motifs is 1. The van der Waals surface area contributed by atoms with E-state index in [2.05, 4.69) is 12.2 Å². The molecule has 2 rings (SSSR count). The van der Waals surface area contributed by atoms with Gasteiger partial charge in [0, 0.05) is 0 Å². The van der Waals surface area contributed by atoms with Crippen molar-refractivity contribution in [2.45, 2.75) is 18.6 Å². The van der Waals surface area contributed by atoms with Gasteiger partial charge in [-0.05, 0) is 6.42 Å². The lowest BCUT2D eigenvalue weighted by Crippen LogP contribution is -1.75. The summed E-state index contributed by atoms with van der Waals surface area (Å²) in [6.45, 7) is 0. The molecule has 0 spiro atoms. The molecule has 1 fully saturated rings. The molecular formula is C5H6O. The second kappa shape index (κ2) is 0.684. The molecule has 1 nitrogen and oxygen atoms in total. The Morgan fingerprint density at radius 3 is 2.83 bits per heavy atom. The Morgan fingerprint density at radius 2 is 2.67 bits per heavy atom. The fourth-order valence-electron chi connectivity index (χ4n) is 0.862. The highest BCUT2D eigenvalue weighted by Crippen LogP contribution is 2.31. The zero-order valence-corrected chi connectivity index (χ0v) is 3.42. The maximum Gasteiger partial charge on any atom is 0.103 e. The quantitative estimate of drug-likeness (QED) is 0.310. The van der Waals surface area contributed by atoms with Gasteiger partial charge in [-0.1, -0.05) is 12.2 Å². The fourth-order valence-corrected chi connectivity index (χ4v) is 0.862. The van der Waals surface area contributed by atoms with Crippen LogP contribution in [0, 0.1) is 0 Å². The van der Waals surface area contributed by atoms with Gasteiger partial charge in [-0.25, -0.2) is 0 Å². The van der Waals surface area contributed by atoms with Gasteiger partial charge in [0.05, 0.1) is 6.10 Å². The third kappa shape index (κ3) is 0.197. The Morgan fingerprint density at radius 1 is 1.67 bits per heavy atom. The molecule has 1 aliphatic heterocycles. The fraction of sp³-hybridized carbons (Fsp3) is 0.600. The van der Waals surface area contributed by atoms with Crippen molar-refractivity contribution >= 4 is 0 Å². The zero-order valence-electron chi connectivity index (χ0n) is 3.42. The Kier molecular flexibility index (Phi) is 0.320. The van der Waals surface area contributed by atoms with Crippen LogP contribution >= 0.6 is 0 Å². The van der Waals surface area contributed by atoms with Crippen molar-refractivity contribution in [3.05, 3.63) is 12.2 Å². The van der Waals surface area contributed by atoms with Gasteiger partial charge in [0.15, 0.2) is 0 Å². The average molecular weight is 82.1 g/mol. The van der Waals surface area contributed by atoms with Crippen molar-refractivity contribution in [3.8, 4) is 0 Å². The summed E-state index contributed by atoms with van der Waals surface area (Å²) in [7, 11) is 0. The van der Waals surface area contributed by atoms with Crippen LogP contribution in [0.5, 0.6) is 0 Å². The lowest BCUT2D eigenvalue weighted by molar-refractivity contribution is 0.382. The van der Waals surface area contributed by atoms with Gasteiger partial charge in [0.2, 0.25) is 0 Å². The number of rotatable bonds is 0. The van der Waals surface area contributed by atoms with E-state index in [1.807, 2.05) is 0 Å². The lowest BCUT2D eigenvalue weighted by Gasteiger charge is -1.71. The molecule has 6 heavy (non-hydrogen) atoms. The van der Waals surface area contributed by atoms with Gasteiger partial charge in [-0.2, -0.15) is 0 Å². The second-order valence-corrected chi connectivity index (χ2v) is 1.80. The van der Waals surface area contributed by atoms with Crippen LogP contribution < -0.4 is 0 Å². The molecule has 0 aromatic carbocycles. The third-order valence-electron chi connectivity index (χ3n) is 1.32. The summed E-state index contributed by atoms with van der Waals surface area (Å²) in [6, 6.07) is 0. The van der Waals surface area contributed by atoms with E-state index in [1.165, 1.54) is 0 Å². The highest BCUT2D eigenvalue weighted by atomic mass is 16.6. The molecule has 0 unspecified atom stereocenters. The summed E-state index contributed by atoms with van der Waals surface area (Å²) in [4.78, 5) is 0. The van der Waals surface area contributed by atoms with Crippen molar-refractivity contribution in [2.75, 3.05) is 0 Å². The summed E-state index contributed by atoms with van der Waals surface area (Å²) in [6.07, 6.45) is 6.60. The van der Waals surface area contributed by atoms with Crippen molar-refractivity contribution in [2.24, 2.45) is 0 Å². The van der Waals surface area contributed by atoms with Crippen LogP contribution in [0.2, 0.25) is 0 Å². The molecule has 1 saturated heterocycles. The number of hydrogen-bond acceptors (Lipinski definition) is 1. The van der Waals surface area contributed by atoms with Crippen LogP contribution in [-0.4, -0.2) is 12.2 Å². The smallest absolute Gasteiger partial charge is 0.103 e. The molecule has 0 radical (unpaired) electrons. The first kappa shape index (κ1) is 2.80. The Labute approximate surface area is 36.6 Å². The molecular weight excluding hydrogens is 76.1 g/mol. The number of epoxide rings is 1. The van der Waals surface area contributed by atoms with Gasteiger partial charge in [-0.15, -0.1) is 0 Å². The molecule has 0 amide bonds. The minimum atomic E-state index is 0.532. The minimum absolute atomic E-state index is 0.532. The first-order chi connectivity index (χ1) is 2.97. The lowest BCUT2D eigenvalue weighted by atomic mass is 10.4. The molecule has 0 bridgehead atoms. The highest BCUT2D eigenvalue weighted by molar-refractivity contribution is 5.12. The van der Waals surface area contributed by atoms with E-state index < -0.39 is 0 Å². The van der Waals surface area contributed by atoms with Crippen LogP contribution in [0.4, 0.5) is 0 Å². The second-order valence-electron chi connectivity index (χ2n) is 1.80. The SMILES string of the molecule is C1=C[C@H]2O[C@@H]2C1. The van der Waals surface area contributed by atoms with Crippen molar-refractivity contribution in [1.29, 1.82) is 0 Å². The summed E-state index contributed by atoms with van der Waals surface area (Å²) in [5.41, 5.74) is 0. The van der Waals surface area contributed by atoms with E-state index in [0.29, 0.717) is 12.2 Å². The maximum atomic E-state index is 5.07. The first-order valence-electron chi connectivity index (χ1n) is 2.29. The topological polar surface area (TPSA) is 12.5 Å². The average Bonchev–Trinajstić information content (AvgIpc) is 2.17. The summed E-state index contributed by atoms with van der Waals surface area (Å²) >= 11 is 0. The molecule has 1 heterocycles. The van der Waals surface area contributed by atoms with Gasteiger partial charge in [0.25, 0.3) is 0 Å². The van der Waals surface area contributed by atoms with Gasteiger partial charge >= 0.3 is 0 Å². The van der Waals surface area contributed by atoms with Crippen LogP contribution in [0.25, 0.3) is 0 Å². The molecule has 32 valence electrons. The zero-order chi connectivity index (χ0) is 3.98. The van der Waals surface area contributed by atoms with Crippen LogP contribution in [-0.2, 0) is 4.74 Å². The molecule has 0 saturated carbocycles. The van der Waals surface area contributed by atoms with Crippen LogP contribution in [0.1, 0.15) is 6.42 Å². The normalized spacial score (nSPS) is 49.3. The van der Waals surface area contributed by atoms with Crippen molar-refractivity contribution < 1.29 is 4.74 Å². The van der Waals surface area contributed by atoms with Crippen LogP contribution in [0.15, 0.2) is 12.2 Å². The van der Waals surface area contributed by atoms with Gasteiger partial charge in [0.1, 0.15) is 6.10 Å². The molecule has 0 aromatic rings. The first-order valence-corrected chi connectivity index (χ1v) is 2.29. The molecule has 0 N–H and O–H groups in total. The summed E-state index contributed by atoms with van der Waals surface area (Å²) < 4.78 is 5.07. The minimum Gasteiger partial charge on any atom is -0.365 e. The number of hydrogen-bond donors (Lipinski definition) is 0. The predicted molar refractivity (Wildman–Crippen MR) is 22.4 cm³/mol. The predicted octanol–water partition coefficient (Wildman–Crippen LogP) is 0.714. The Hall–Kier alpha value is -0.300. The van der Waals surface area contributed by atoms with E-state index in [1.54, 1.807) is 0 Å². The number of ether oxygens (including phenoxy) is 1. The van der Waals surface area contributed by atoms with E-state index in [0.717, 1.165) is 6.42 Å². The molecule has 1 aliphatic carbocycles. The summed E-state index contributed by atoms with van der Waals surface area (Å²) in [5.74, 6) is 0. The molecule has 2 aliphatic rings. The third-order valence-corrected chi connectivity index (χ3v) is 1.32. The molecule has 0 aromatic heterocycles.